The molecule has 53 heavy (non-hydrogen) atoms. The minimum Gasteiger partial charge on any atom is -0.454 e. The fourth-order valence-corrected chi connectivity index (χ4v) is 7.26. The van der Waals surface area contributed by atoms with Gasteiger partial charge in [-0.2, -0.15) is 16.8 Å². The molecule has 4 N–H and O–H groups in total. The van der Waals surface area contributed by atoms with Crippen molar-refractivity contribution in [2.24, 2.45) is 0 Å². The number of aryl methyl sites for hydroxylation is 2. The number of hydrogen-bond donors (Lipinski definition) is 4. The van der Waals surface area contributed by atoms with E-state index in [0.29, 0.717) is 55.5 Å². The molecule has 0 spiro atoms. The Balaban J connectivity index is 1.28. The molecule has 0 amide bonds. The zero-order valence-corrected chi connectivity index (χ0v) is 31.7. The number of halogens is 2. The first kappa shape index (κ1) is 37.8. The molecule has 0 aliphatic heterocycles. The van der Waals surface area contributed by atoms with Crippen LogP contribution in [0.25, 0.3) is 21.9 Å². The Morgan fingerprint density at radius 1 is 0.623 bits per heavy atom. The molecule has 0 bridgehead atoms. The molecule has 2 aromatic heterocycles. The molecule has 0 unspecified atom stereocenters. The van der Waals surface area contributed by atoms with Crippen LogP contribution < -0.4 is 34.9 Å². The van der Waals surface area contributed by atoms with Crippen LogP contribution >= 0.6 is 23.2 Å². The number of fused-ring (bicyclic) bond motifs is 2. The Labute approximate surface area is 314 Å². The zero-order chi connectivity index (χ0) is 38.2. The van der Waals surface area contributed by atoms with E-state index < -0.39 is 31.7 Å². The van der Waals surface area contributed by atoms with E-state index in [2.05, 4.69) is 18.9 Å². The summed E-state index contributed by atoms with van der Waals surface area (Å²) >= 11 is 13.3. The highest BCUT2D eigenvalue weighted by Gasteiger charge is 2.19. The van der Waals surface area contributed by atoms with Crippen molar-refractivity contribution in [3.8, 4) is 11.5 Å². The van der Waals surface area contributed by atoms with E-state index >= 15 is 0 Å². The largest absolute Gasteiger partial charge is 0.454 e. The third-order valence-electron chi connectivity index (χ3n) is 8.56. The Morgan fingerprint density at radius 2 is 1.02 bits per heavy atom. The van der Waals surface area contributed by atoms with Crippen LogP contribution in [0.4, 0.5) is 11.4 Å². The quantitative estimate of drug-likeness (QED) is 0.0997. The van der Waals surface area contributed by atoms with E-state index in [1.54, 1.807) is 74.5 Å². The lowest BCUT2D eigenvalue weighted by Gasteiger charge is -2.14. The van der Waals surface area contributed by atoms with Gasteiger partial charge in [-0.05, 0) is 72.5 Å². The highest BCUT2D eigenvalue weighted by molar-refractivity contribution is 7.91. The highest BCUT2D eigenvalue weighted by atomic mass is 35.5. The topological polar surface area (TPSA) is 186 Å². The standard InChI is InChI=1S/C36H32Cl2N4O9S2/c1-19-25-15-29(37)33(17-31(25)50-35(43)27(19)13-21-7-5-9-23(11-21)41-52(45,46)39-3)49-34-18-32-26(16-30(34)38)20(2)28(36(44)51-32)14-22-8-6-10-24(12-22)42-53(47,48)40-4/h5-12,15-18,39-42H,13-14H2,1-4H3. The number of ether oxygens (including phenoxy) is 1. The van der Waals surface area contributed by atoms with Gasteiger partial charge in [-0.3, -0.25) is 9.44 Å². The summed E-state index contributed by atoms with van der Waals surface area (Å²) in [7, 11) is -4.87. The second kappa shape index (κ2) is 14.9. The Bertz CT molecular complexity index is 2580. The van der Waals surface area contributed by atoms with E-state index in [1.165, 1.54) is 26.2 Å². The lowest BCUT2D eigenvalue weighted by atomic mass is 9.99. The van der Waals surface area contributed by atoms with Gasteiger partial charge in [-0.25, -0.2) is 19.0 Å². The fourth-order valence-electron chi connectivity index (χ4n) is 5.77. The van der Waals surface area contributed by atoms with E-state index in [1.807, 2.05) is 0 Å². The van der Waals surface area contributed by atoms with Crippen LogP contribution in [-0.4, -0.2) is 30.9 Å². The van der Waals surface area contributed by atoms with Gasteiger partial charge in [0.2, 0.25) is 0 Å². The van der Waals surface area contributed by atoms with Crippen molar-refractivity contribution in [1.29, 1.82) is 0 Å². The molecular formula is C36H32Cl2N4O9S2. The molecule has 4 aromatic carbocycles. The molecule has 0 aliphatic carbocycles. The van der Waals surface area contributed by atoms with Crippen LogP contribution in [-0.2, 0) is 33.3 Å². The molecule has 0 fully saturated rings. The number of anilines is 2. The monoisotopic (exact) mass is 798 g/mol. The average Bonchev–Trinajstić information content (AvgIpc) is 3.10. The molecule has 6 aromatic rings. The van der Waals surface area contributed by atoms with Gasteiger partial charge in [0.25, 0.3) is 20.4 Å². The van der Waals surface area contributed by atoms with Gasteiger partial charge in [-0.15, -0.1) is 0 Å². The van der Waals surface area contributed by atoms with Crippen LogP contribution in [0.3, 0.4) is 0 Å². The Hall–Kier alpha value is -4.90. The van der Waals surface area contributed by atoms with E-state index in [0.717, 1.165) is 0 Å². The van der Waals surface area contributed by atoms with Crippen LogP contribution in [0.2, 0.25) is 10.0 Å². The maximum Gasteiger partial charge on any atom is 0.340 e. The summed E-state index contributed by atoms with van der Waals surface area (Å²) < 4.78 is 74.4. The predicted octanol–water partition coefficient (Wildman–Crippen LogP) is 6.55. The first-order valence-corrected chi connectivity index (χ1v) is 19.6. The van der Waals surface area contributed by atoms with Crippen molar-refractivity contribution >= 4 is 76.9 Å². The van der Waals surface area contributed by atoms with Gasteiger partial charge in [0.1, 0.15) is 22.7 Å². The SMILES string of the molecule is CNS(=O)(=O)Nc1cccc(Cc2c(C)c3cc(Cl)c(Oc4cc5oc(=O)c(Cc6cccc(NS(=O)(=O)NC)c6)c(C)c5cc4Cl)cc3oc2=O)c1. The van der Waals surface area contributed by atoms with Crippen molar-refractivity contribution in [1.82, 2.24) is 9.44 Å². The molecule has 2 heterocycles. The molecular weight excluding hydrogens is 767 g/mol. The smallest absolute Gasteiger partial charge is 0.340 e. The molecule has 17 heteroatoms. The number of hydrogen-bond acceptors (Lipinski definition) is 9. The Kier molecular flexibility index (Phi) is 10.6. The summed E-state index contributed by atoms with van der Waals surface area (Å²) in [5.74, 6) is 0.259. The third kappa shape index (κ3) is 8.35. The first-order valence-electron chi connectivity index (χ1n) is 15.9. The van der Waals surface area contributed by atoms with Crippen molar-refractivity contribution in [3.05, 3.63) is 137 Å². The normalized spacial score (nSPS) is 12.0. The second-order valence-electron chi connectivity index (χ2n) is 12.0. The summed E-state index contributed by atoms with van der Waals surface area (Å²) in [6.45, 7) is 3.53. The lowest BCUT2D eigenvalue weighted by molar-refractivity contribution is 0.478. The van der Waals surface area contributed by atoms with Crippen molar-refractivity contribution in [2.75, 3.05) is 23.5 Å². The number of benzene rings is 4. The first-order chi connectivity index (χ1) is 25.1. The van der Waals surface area contributed by atoms with E-state index in [9.17, 15) is 26.4 Å². The van der Waals surface area contributed by atoms with Gasteiger partial charge in [0.15, 0.2) is 0 Å². The molecule has 0 saturated carbocycles. The van der Waals surface area contributed by atoms with Crippen molar-refractivity contribution in [3.63, 3.8) is 0 Å². The fraction of sp³-hybridized carbons (Fsp3) is 0.167. The summed E-state index contributed by atoms with van der Waals surface area (Å²) in [5.41, 5.74) is 3.20. The maximum atomic E-state index is 13.2. The second-order valence-corrected chi connectivity index (χ2v) is 16.1. The molecule has 276 valence electrons. The zero-order valence-electron chi connectivity index (χ0n) is 28.6. The van der Waals surface area contributed by atoms with Crippen LogP contribution in [0.5, 0.6) is 11.5 Å². The molecule has 6 rings (SSSR count). The van der Waals surface area contributed by atoms with Gasteiger partial charge < -0.3 is 13.6 Å². The van der Waals surface area contributed by atoms with Gasteiger partial charge in [0, 0.05) is 61.0 Å². The lowest BCUT2D eigenvalue weighted by Crippen LogP contribution is -2.26. The number of nitrogens with one attached hydrogen (secondary N) is 4. The molecule has 0 radical (unpaired) electrons. The Morgan fingerprint density at radius 3 is 1.40 bits per heavy atom. The highest BCUT2D eigenvalue weighted by Crippen LogP contribution is 2.39. The van der Waals surface area contributed by atoms with Gasteiger partial charge in [-0.1, -0.05) is 47.5 Å². The van der Waals surface area contributed by atoms with Crippen molar-refractivity contribution < 1.29 is 30.4 Å². The van der Waals surface area contributed by atoms with E-state index in [4.69, 9.17) is 36.8 Å². The minimum absolute atomic E-state index is 0.129. The molecule has 0 atom stereocenters. The number of rotatable bonds is 12. The summed E-state index contributed by atoms with van der Waals surface area (Å²) in [6, 6.07) is 19.5. The van der Waals surface area contributed by atoms with Crippen LogP contribution in [0.15, 0.2) is 91.2 Å². The van der Waals surface area contributed by atoms with E-state index in [-0.39, 0.29) is 45.6 Å². The molecule has 0 aliphatic rings. The minimum atomic E-state index is -3.73. The van der Waals surface area contributed by atoms with Crippen LogP contribution in [0, 0.1) is 13.8 Å². The average molecular weight is 800 g/mol. The van der Waals surface area contributed by atoms with Crippen LogP contribution in [0.1, 0.15) is 33.4 Å². The third-order valence-corrected chi connectivity index (χ3v) is 11.2. The summed E-state index contributed by atoms with van der Waals surface area (Å²) in [4.78, 5) is 26.4. The summed E-state index contributed by atoms with van der Waals surface area (Å²) in [5, 5.41) is 1.50. The van der Waals surface area contributed by atoms with Crippen molar-refractivity contribution in [2.45, 2.75) is 26.7 Å². The van der Waals surface area contributed by atoms with Gasteiger partial charge >= 0.3 is 11.3 Å². The van der Waals surface area contributed by atoms with Gasteiger partial charge in [0.05, 0.1) is 21.4 Å². The predicted molar refractivity (Wildman–Crippen MR) is 206 cm³/mol. The molecule has 13 nitrogen and oxygen atoms in total. The summed E-state index contributed by atoms with van der Waals surface area (Å²) in [6.07, 6.45) is 0.331. The maximum absolute atomic E-state index is 13.2. The molecule has 0 saturated heterocycles.